The first kappa shape index (κ1) is 13.3. The number of nitrogens with zero attached hydrogens (tertiary/aromatic N) is 1. The van der Waals surface area contributed by atoms with Crippen molar-refractivity contribution in [3.63, 3.8) is 0 Å². The van der Waals surface area contributed by atoms with Crippen LogP contribution in [0.15, 0.2) is 18.2 Å². The molecule has 0 saturated carbocycles. The number of hydrogen-bond acceptors (Lipinski definition) is 4. The van der Waals surface area contributed by atoms with Crippen molar-refractivity contribution in [2.75, 3.05) is 13.2 Å². The van der Waals surface area contributed by atoms with Crippen LogP contribution in [-0.4, -0.2) is 24.2 Å². The van der Waals surface area contributed by atoms with Gasteiger partial charge in [-0.15, -0.1) is 0 Å². The fourth-order valence-corrected chi connectivity index (χ4v) is 2.22. The van der Waals surface area contributed by atoms with Crippen LogP contribution in [0.4, 0.5) is 5.69 Å². The van der Waals surface area contributed by atoms with Gasteiger partial charge in [0.1, 0.15) is 6.10 Å². The Morgan fingerprint density at radius 3 is 3.00 bits per heavy atom. The van der Waals surface area contributed by atoms with Gasteiger partial charge in [-0.05, 0) is 24.5 Å². The van der Waals surface area contributed by atoms with Crippen molar-refractivity contribution >= 4 is 21.6 Å². The summed E-state index contributed by atoms with van der Waals surface area (Å²) in [4.78, 5) is 10.5. The second-order valence-corrected chi connectivity index (χ2v) is 4.71. The fraction of sp³-hybridized carbons (Fsp3) is 0.500. The topological polar surface area (TPSA) is 61.6 Å². The summed E-state index contributed by atoms with van der Waals surface area (Å²) in [6.07, 6.45) is 1.70. The lowest BCUT2D eigenvalue weighted by Gasteiger charge is -2.23. The average Bonchev–Trinajstić information content (AvgIpc) is 2.39. The summed E-state index contributed by atoms with van der Waals surface area (Å²) in [5, 5.41) is 11.6. The van der Waals surface area contributed by atoms with E-state index in [-0.39, 0.29) is 11.8 Å². The first-order valence-electron chi connectivity index (χ1n) is 5.78. The molecule has 1 atom stereocenters. The number of rotatable bonds is 4. The standard InChI is InChI=1S/C12H14BrNO4/c13-7-9-3-4-11(14(15)16)12(6-9)18-10-2-1-5-17-8-10/h3-4,6,10H,1-2,5,7-8H2. The van der Waals surface area contributed by atoms with E-state index in [4.69, 9.17) is 9.47 Å². The lowest BCUT2D eigenvalue weighted by Crippen LogP contribution is -2.28. The number of benzene rings is 1. The molecule has 0 amide bonds. The Morgan fingerprint density at radius 2 is 2.39 bits per heavy atom. The molecule has 98 valence electrons. The van der Waals surface area contributed by atoms with E-state index in [0.717, 1.165) is 25.0 Å². The van der Waals surface area contributed by atoms with Crippen LogP contribution < -0.4 is 4.74 Å². The van der Waals surface area contributed by atoms with E-state index in [1.165, 1.54) is 6.07 Å². The third kappa shape index (κ3) is 3.20. The van der Waals surface area contributed by atoms with Crippen molar-refractivity contribution in [2.45, 2.75) is 24.3 Å². The van der Waals surface area contributed by atoms with Crippen molar-refractivity contribution in [1.82, 2.24) is 0 Å². The Balaban J connectivity index is 2.19. The quantitative estimate of drug-likeness (QED) is 0.486. The number of hydrogen-bond donors (Lipinski definition) is 0. The van der Waals surface area contributed by atoms with Gasteiger partial charge in [0.2, 0.25) is 0 Å². The molecule has 0 N–H and O–H groups in total. The van der Waals surface area contributed by atoms with Gasteiger partial charge in [-0.3, -0.25) is 10.1 Å². The van der Waals surface area contributed by atoms with E-state index < -0.39 is 4.92 Å². The fourth-order valence-electron chi connectivity index (χ4n) is 1.87. The summed E-state index contributed by atoms with van der Waals surface area (Å²) in [6, 6.07) is 4.91. The highest BCUT2D eigenvalue weighted by Crippen LogP contribution is 2.30. The van der Waals surface area contributed by atoms with Crippen molar-refractivity contribution in [3.05, 3.63) is 33.9 Å². The molecule has 1 heterocycles. The zero-order valence-corrected chi connectivity index (χ0v) is 11.4. The van der Waals surface area contributed by atoms with Crippen LogP contribution in [0.2, 0.25) is 0 Å². The molecule has 0 aromatic heterocycles. The number of ether oxygens (including phenoxy) is 2. The maximum Gasteiger partial charge on any atom is 0.310 e. The molecule has 0 spiro atoms. The molecule has 1 saturated heterocycles. The van der Waals surface area contributed by atoms with E-state index in [9.17, 15) is 10.1 Å². The van der Waals surface area contributed by atoms with E-state index in [1.54, 1.807) is 12.1 Å². The molecular formula is C12H14BrNO4. The number of nitro benzene ring substituents is 1. The molecule has 6 heteroatoms. The Morgan fingerprint density at radius 1 is 1.56 bits per heavy atom. The zero-order valence-electron chi connectivity index (χ0n) is 9.80. The summed E-state index contributed by atoms with van der Waals surface area (Å²) in [5.74, 6) is 0.326. The molecule has 0 bridgehead atoms. The first-order chi connectivity index (χ1) is 8.70. The predicted octanol–water partition coefficient (Wildman–Crippen LogP) is 3.05. The Bertz CT molecular complexity index is 432. The first-order valence-corrected chi connectivity index (χ1v) is 6.90. The minimum atomic E-state index is -0.420. The number of nitro groups is 1. The SMILES string of the molecule is O=[N+]([O-])c1ccc(CBr)cc1OC1CCCOC1. The van der Waals surface area contributed by atoms with Gasteiger partial charge in [-0.2, -0.15) is 0 Å². The Kier molecular flexibility index (Phi) is 4.54. The highest BCUT2D eigenvalue weighted by molar-refractivity contribution is 9.08. The van der Waals surface area contributed by atoms with Gasteiger partial charge in [0, 0.05) is 18.0 Å². The van der Waals surface area contributed by atoms with Crippen LogP contribution in [-0.2, 0) is 10.1 Å². The molecule has 1 fully saturated rings. The molecule has 0 aliphatic carbocycles. The highest BCUT2D eigenvalue weighted by atomic mass is 79.9. The Labute approximate surface area is 113 Å². The molecule has 5 nitrogen and oxygen atoms in total. The summed E-state index contributed by atoms with van der Waals surface area (Å²) in [5.41, 5.74) is 0.956. The molecule has 1 aliphatic heterocycles. The van der Waals surface area contributed by atoms with Gasteiger partial charge in [0.05, 0.1) is 11.5 Å². The molecular weight excluding hydrogens is 302 g/mol. The van der Waals surface area contributed by atoms with Crippen molar-refractivity contribution in [1.29, 1.82) is 0 Å². The third-order valence-corrected chi connectivity index (χ3v) is 3.43. The molecule has 1 aromatic carbocycles. The Hall–Kier alpha value is -1.14. The maximum atomic E-state index is 10.9. The molecule has 2 rings (SSSR count). The smallest absolute Gasteiger partial charge is 0.310 e. The maximum absolute atomic E-state index is 10.9. The summed E-state index contributed by atoms with van der Waals surface area (Å²) in [7, 11) is 0. The van der Waals surface area contributed by atoms with E-state index in [1.807, 2.05) is 0 Å². The normalized spacial score (nSPS) is 19.5. The number of halogens is 1. The van der Waals surface area contributed by atoms with Crippen LogP contribution in [0, 0.1) is 10.1 Å². The minimum Gasteiger partial charge on any atom is -0.481 e. The molecule has 0 radical (unpaired) electrons. The minimum absolute atomic E-state index is 0.00488. The van der Waals surface area contributed by atoms with Crippen LogP contribution >= 0.6 is 15.9 Å². The van der Waals surface area contributed by atoms with Gasteiger partial charge >= 0.3 is 5.69 Å². The highest BCUT2D eigenvalue weighted by Gasteiger charge is 2.21. The van der Waals surface area contributed by atoms with Crippen LogP contribution in [0.5, 0.6) is 5.75 Å². The van der Waals surface area contributed by atoms with Gasteiger partial charge in [0.15, 0.2) is 5.75 Å². The van der Waals surface area contributed by atoms with Gasteiger partial charge in [0.25, 0.3) is 0 Å². The largest absolute Gasteiger partial charge is 0.481 e. The van der Waals surface area contributed by atoms with E-state index in [0.29, 0.717) is 17.7 Å². The predicted molar refractivity (Wildman–Crippen MR) is 70.2 cm³/mol. The summed E-state index contributed by atoms with van der Waals surface area (Å²) < 4.78 is 11.0. The van der Waals surface area contributed by atoms with Crippen molar-refractivity contribution in [3.8, 4) is 5.75 Å². The lowest BCUT2D eigenvalue weighted by atomic mass is 10.1. The second kappa shape index (κ2) is 6.15. The lowest BCUT2D eigenvalue weighted by molar-refractivity contribution is -0.386. The van der Waals surface area contributed by atoms with Crippen LogP contribution in [0.3, 0.4) is 0 Å². The zero-order chi connectivity index (χ0) is 13.0. The molecule has 1 unspecified atom stereocenters. The number of alkyl halides is 1. The van der Waals surface area contributed by atoms with E-state index in [2.05, 4.69) is 15.9 Å². The summed E-state index contributed by atoms with van der Waals surface area (Å²) in [6.45, 7) is 1.24. The average molecular weight is 316 g/mol. The molecule has 1 aromatic rings. The second-order valence-electron chi connectivity index (χ2n) is 4.15. The van der Waals surface area contributed by atoms with Gasteiger partial charge in [-0.25, -0.2) is 0 Å². The van der Waals surface area contributed by atoms with Crippen LogP contribution in [0.1, 0.15) is 18.4 Å². The van der Waals surface area contributed by atoms with Crippen LogP contribution in [0.25, 0.3) is 0 Å². The molecule has 18 heavy (non-hydrogen) atoms. The van der Waals surface area contributed by atoms with Gasteiger partial charge < -0.3 is 9.47 Å². The van der Waals surface area contributed by atoms with E-state index >= 15 is 0 Å². The van der Waals surface area contributed by atoms with Crippen molar-refractivity contribution in [2.24, 2.45) is 0 Å². The van der Waals surface area contributed by atoms with Crippen molar-refractivity contribution < 1.29 is 14.4 Å². The summed E-state index contributed by atoms with van der Waals surface area (Å²) >= 11 is 3.33. The van der Waals surface area contributed by atoms with Gasteiger partial charge in [-0.1, -0.05) is 22.0 Å². The third-order valence-electron chi connectivity index (χ3n) is 2.79. The monoisotopic (exact) mass is 315 g/mol. The molecule has 1 aliphatic rings.